The molecule has 2 heterocycles. The molecule has 1 aromatic heterocycles. The van der Waals surface area contributed by atoms with E-state index in [1.807, 2.05) is 18.3 Å². The van der Waals surface area contributed by atoms with Crippen molar-refractivity contribution in [2.24, 2.45) is 0 Å². The Morgan fingerprint density at radius 3 is 3.00 bits per heavy atom. The van der Waals surface area contributed by atoms with E-state index in [-0.39, 0.29) is 12.1 Å². The van der Waals surface area contributed by atoms with Gasteiger partial charge in [0.2, 0.25) is 5.88 Å². The molecule has 1 saturated heterocycles. The van der Waals surface area contributed by atoms with Gasteiger partial charge in [-0.1, -0.05) is 6.07 Å². The van der Waals surface area contributed by atoms with Gasteiger partial charge >= 0.3 is 6.03 Å². The fourth-order valence-corrected chi connectivity index (χ4v) is 2.63. The third-order valence-electron chi connectivity index (χ3n) is 3.83. The van der Waals surface area contributed by atoms with Crippen LogP contribution in [0.1, 0.15) is 18.4 Å². The Kier molecular flexibility index (Phi) is 7.09. The molecule has 0 radical (unpaired) electrons. The second kappa shape index (κ2) is 9.32. The van der Waals surface area contributed by atoms with Crippen LogP contribution in [0, 0.1) is 0 Å². The van der Waals surface area contributed by atoms with Crippen LogP contribution in [-0.4, -0.2) is 62.4 Å². The topological polar surface area (TPSA) is 75.7 Å². The van der Waals surface area contributed by atoms with Gasteiger partial charge in [0.1, 0.15) is 0 Å². The van der Waals surface area contributed by atoms with Crippen molar-refractivity contribution < 1.29 is 14.3 Å². The molecule has 2 rings (SSSR count). The number of hydrogen-bond acceptors (Lipinski definition) is 5. The second-order valence-corrected chi connectivity index (χ2v) is 5.68. The zero-order valence-corrected chi connectivity index (χ0v) is 13.9. The summed E-state index contributed by atoms with van der Waals surface area (Å²) in [4.78, 5) is 18.3. The molecule has 128 valence electrons. The van der Waals surface area contributed by atoms with E-state index in [4.69, 9.17) is 9.47 Å². The SMILES string of the molecule is COCCCNC(=O)NC1CCN(Cc2ccc(OC)nc2)C1. The molecule has 0 aromatic carbocycles. The molecule has 1 aliphatic rings. The fraction of sp³-hybridized carbons (Fsp3) is 0.625. The average Bonchev–Trinajstić information content (AvgIpc) is 2.99. The van der Waals surface area contributed by atoms with E-state index in [1.165, 1.54) is 0 Å². The van der Waals surface area contributed by atoms with Crippen LogP contribution in [0.15, 0.2) is 18.3 Å². The lowest BCUT2D eigenvalue weighted by Gasteiger charge is -2.17. The van der Waals surface area contributed by atoms with Gasteiger partial charge in [0.25, 0.3) is 0 Å². The van der Waals surface area contributed by atoms with Crippen molar-refractivity contribution in [3.8, 4) is 5.88 Å². The number of rotatable bonds is 8. The Balaban J connectivity index is 1.67. The van der Waals surface area contributed by atoms with Crippen molar-refractivity contribution in [3.05, 3.63) is 23.9 Å². The van der Waals surface area contributed by atoms with E-state index in [1.54, 1.807) is 14.2 Å². The monoisotopic (exact) mass is 322 g/mol. The number of pyridine rings is 1. The minimum absolute atomic E-state index is 0.0981. The molecule has 1 unspecified atom stereocenters. The second-order valence-electron chi connectivity index (χ2n) is 5.68. The van der Waals surface area contributed by atoms with Crippen molar-refractivity contribution in [1.82, 2.24) is 20.5 Å². The molecule has 2 amide bonds. The molecule has 1 aliphatic heterocycles. The molecule has 7 nitrogen and oxygen atoms in total. The van der Waals surface area contributed by atoms with Crippen molar-refractivity contribution in [2.75, 3.05) is 40.5 Å². The fourth-order valence-electron chi connectivity index (χ4n) is 2.63. The van der Waals surface area contributed by atoms with Gasteiger partial charge in [0.05, 0.1) is 7.11 Å². The van der Waals surface area contributed by atoms with Gasteiger partial charge in [0.15, 0.2) is 0 Å². The first kappa shape index (κ1) is 17.5. The summed E-state index contributed by atoms with van der Waals surface area (Å²) in [5.74, 6) is 0.625. The maximum Gasteiger partial charge on any atom is 0.315 e. The first-order valence-corrected chi connectivity index (χ1v) is 7.96. The van der Waals surface area contributed by atoms with Crippen LogP contribution in [0.2, 0.25) is 0 Å². The maximum atomic E-state index is 11.8. The lowest BCUT2D eigenvalue weighted by Crippen LogP contribution is -2.43. The summed E-state index contributed by atoms with van der Waals surface area (Å²) in [6.45, 7) is 3.96. The number of likely N-dealkylation sites (tertiary alicyclic amines) is 1. The lowest BCUT2D eigenvalue weighted by molar-refractivity contribution is 0.193. The molecule has 1 atom stereocenters. The molecule has 0 bridgehead atoms. The third-order valence-corrected chi connectivity index (χ3v) is 3.83. The molecule has 7 heteroatoms. The molecular formula is C16H26N4O3. The third kappa shape index (κ3) is 6.03. The summed E-state index contributed by atoms with van der Waals surface area (Å²) >= 11 is 0. The number of hydrogen-bond donors (Lipinski definition) is 2. The number of ether oxygens (including phenoxy) is 2. The number of nitrogens with one attached hydrogen (secondary N) is 2. The molecule has 1 aromatic rings. The molecule has 23 heavy (non-hydrogen) atoms. The van der Waals surface area contributed by atoms with Crippen LogP contribution < -0.4 is 15.4 Å². The number of methoxy groups -OCH3 is 2. The van der Waals surface area contributed by atoms with Gasteiger partial charge in [0, 0.05) is 58.2 Å². The number of nitrogens with zero attached hydrogens (tertiary/aromatic N) is 2. The lowest BCUT2D eigenvalue weighted by atomic mass is 10.2. The number of amides is 2. The van der Waals surface area contributed by atoms with Crippen molar-refractivity contribution >= 4 is 6.03 Å². The Bertz CT molecular complexity index is 481. The minimum atomic E-state index is -0.0981. The highest BCUT2D eigenvalue weighted by Crippen LogP contribution is 2.14. The summed E-state index contributed by atoms with van der Waals surface area (Å²) in [7, 11) is 3.27. The maximum absolute atomic E-state index is 11.8. The highest BCUT2D eigenvalue weighted by Gasteiger charge is 2.23. The van der Waals surface area contributed by atoms with E-state index in [2.05, 4.69) is 20.5 Å². The van der Waals surface area contributed by atoms with Crippen molar-refractivity contribution in [2.45, 2.75) is 25.4 Å². The quantitative estimate of drug-likeness (QED) is 0.698. The highest BCUT2D eigenvalue weighted by molar-refractivity contribution is 5.74. The Hall–Kier alpha value is -1.86. The van der Waals surface area contributed by atoms with Crippen LogP contribution in [0.4, 0.5) is 4.79 Å². The zero-order valence-electron chi connectivity index (χ0n) is 13.9. The van der Waals surface area contributed by atoms with E-state index < -0.39 is 0 Å². The Labute approximate surface area is 137 Å². The molecule has 2 N–H and O–H groups in total. The van der Waals surface area contributed by atoms with Gasteiger partial charge < -0.3 is 20.1 Å². The summed E-state index contributed by atoms with van der Waals surface area (Å²) < 4.78 is 10.0. The van der Waals surface area contributed by atoms with E-state index in [9.17, 15) is 4.79 Å². The normalized spacial score (nSPS) is 17.9. The predicted molar refractivity (Wildman–Crippen MR) is 87.5 cm³/mol. The van der Waals surface area contributed by atoms with Gasteiger partial charge in [-0.25, -0.2) is 9.78 Å². The van der Waals surface area contributed by atoms with E-state index in [0.29, 0.717) is 19.0 Å². The Morgan fingerprint density at radius 2 is 2.30 bits per heavy atom. The minimum Gasteiger partial charge on any atom is -0.481 e. The van der Waals surface area contributed by atoms with E-state index >= 15 is 0 Å². The van der Waals surface area contributed by atoms with Crippen LogP contribution >= 0.6 is 0 Å². The summed E-state index contributed by atoms with van der Waals surface area (Å²) in [6, 6.07) is 3.99. The standard InChI is InChI=1S/C16H26N4O3/c1-22-9-3-7-17-16(21)19-14-6-8-20(12-14)11-13-4-5-15(23-2)18-10-13/h4-5,10,14H,3,6-9,11-12H2,1-2H3,(H2,17,19,21). The largest absolute Gasteiger partial charge is 0.481 e. The summed E-state index contributed by atoms with van der Waals surface area (Å²) in [6.07, 6.45) is 3.63. The zero-order chi connectivity index (χ0) is 16.5. The van der Waals surface area contributed by atoms with Gasteiger partial charge in [-0.2, -0.15) is 0 Å². The van der Waals surface area contributed by atoms with Crippen LogP contribution in [0.3, 0.4) is 0 Å². The molecule has 1 fully saturated rings. The molecule has 0 aliphatic carbocycles. The van der Waals surface area contributed by atoms with E-state index in [0.717, 1.165) is 38.0 Å². The number of urea groups is 1. The smallest absolute Gasteiger partial charge is 0.315 e. The van der Waals surface area contributed by atoms with Gasteiger partial charge in [-0.05, 0) is 18.4 Å². The van der Waals surface area contributed by atoms with Gasteiger partial charge in [-0.3, -0.25) is 4.90 Å². The average molecular weight is 322 g/mol. The predicted octanol–water partition coefficient (Wildman–Crippen LogP) is 1.00. The summed E-state index contributed by atoms with van der Waals surface area (Å²) in [5.41, 5.74) is 1.15. The van der Waals surface area contributed by atoms with Crippen LogP contribution in [-0.2, 0) is 11.3 Å². The number of carbonyl (C=O) groups excluding carboxylic acids is 1. The highest BCUT2D eigenvalue weighted by atomic mass is 16.5. The number of aromatic nitrogens is 1. The first-order valence-electron chi connectivity index (χ1n) is 7.96. The number of carbonyl (C=O) groups is 1. The Morgan fingerprint density at radius 1 is 1.43 bits per heavy atom. The van der Waals surface area contributed by atoms with Crippen LogP contribution in [0.25, 0.3) is 0 Å². The van der Waals surface area contributed by atoms with Crippen molar-refractivity contribution in [3.63, 3.8) is 0 Å². The van der Waals surface area contributed by atoms with Crippen molar-refractivity contribution in [1.29, 1.82) is 0 Å². The molecule has 0 spiro atoms. The summed E-state index contributed by atoms with van der Waals surface area (Å²) in [5, 5.41) is 5.87. The molecular weight excluding hydrogens is 296 g/mol. The van der Waals surface area contributed by atoms with Crippen LogP contribution in [0.5, 0.6) is 5.88 Å². The van der Waals surface area contributed by atoms with Gasteiger partial charge in [-0.15, -0.1) is 0 Å². The molecule has 0 saturated carbocycles. The first-order chi connectivity index (χ1) is 11.2.